The maximum absolute atomic E-state index is 12.0. The minimum absolute atomic E-state index is 0.168. The summed E-state index contributed by atoms with van der Waals surface area (Å²) in [6.07, 6.45) is 2.15. The Morgan fingerprint density at radius 1 is 1.26 bits per heavy atom. The van der Waals surface area contributed by atoms with Crippen LogP contribution in [0.4, 0.5) is 4.79 Å². The third kappa shape index (κ3) is 6.99. The van der Waals surface area contributed by atoms with Crippen LogP contribution < -0.4 is 16.1 Å². The van der Waals surface area contributed by atoms with Crippen molar-refractivity contribution in [2.75, 3.05) is 0 Å². The van der Waals surface area contributed by atoms with Crippen molar-refractivity contribution in [3.63, 3.8) is 0 Å². The molecular weight excluding hydrogens is 416 g/mol. The predicted molar refractivity (Wildman–Crippen MR) is 102 cm³/mol. The number of benzene rings is 1. The molecule has 0 aliphatic carbocycles. The second-order valence-electron chi connectivity index (χ2n) is 6.52. The molecule has 0 aliphatic heterocycles. The zero-order valence-corrected chi connectivity index (χ0v) is 16.7. The molecule has 0 saturated heterocycles. The number of nitrogens with zero attached hydrogens (tertiary/aromatic N) is 3. The van der Waals surface area contributed by atoms with Crippen LogP contribution in [0, 0.1) is 5.92 Å². The number of urea groups is 1. The number of nitrogens with one attached hydrogen (secondary N) is 3. The smallest absolute Gasteiger partial charge is 0.315 e. The minimum atomic E-state index is -0.817. The van der Waals surface area contributed by atoms with Gasteiger partial charge in [-0.15, -0.1) is 5.10 Å². The number of amides is 3. The van der Waals surface area contributed by atoms with Crippen LogP contribution in [-0.2, 0) is 17.9 Å². The van der Waals surface area contributed by atoms with Crippen LogP contribution in [0.1, 0.15) is 31.5 Å². The van der Waals surface area contributed by atoms with Crippen LogP contribution in [0.5, 0.6) is 0 Å². The number of rotatable bonds is 8. The lowest BCUT2D eigenvalue weighted by atomic mass is 10.0. The highest BCUT2D eigenvalue weighted by atomic mass is 79.9. The van der Waals surface area contributed by atoms with Gasteiger partial charge in [0, 0.05) is 4.47 Å². The summed E-state index contributed by atoms with van der Waals surface area (Å²) in [5, 5.41) is 22.0. The van der Waals surface area contributed by atoms with Crippen LogP contribution in [0.25, 0.3) is 0 Å². The van der Waals surface area contributed by atoms with Crippen molar-refractivity contribution < 1.29 is 14.8 Å². The number of hydrogen-bond acceptors (Lipinski definition) is 5. The van der Waals surface area contributed by atoms with Crippen LogP contribution in [0.2, 0.25) is 0 Å². The molecule has 2 aromatic rings. The summed E-state index contributed by atoms with van der Waals surface area (Å²) in [5.74, 6) is -0.481. The van der Waals surface area contributed by atoms with E-state index in [9.17, 15) is 9.59 Å². The lowest BCUT2D eigenvalue weighted by Gasteiger charge is -2.18. The van der Waals surface area contributed by atoms with E-state index in [1.807, 2.05) is 38.1 Å². The van der Waals surface area contributed by atoms with E-state index in [0.29, 0.717) is 18.7 Å². The summed E-state index contributed by atoms with van der Waals surface area (Å²) < 4.78 is 2.69. The van der Waals surface area contributed by atoms with Crippen molar-refractivity contribution in [3.8, 4) is 0 Å². The van der Waals surface area contributed by atoms with Crippen molar-refractivity contribution in [1.82, 2.24) is 31.1 Å². The number of aromatic nitrogens is 3. The first-order valence-corrected chi connectivity index (χ1v) is 9.28. The van der Waals surface area contributed by atoms with E-state index >= 15 is 0 Å². The van der Waals surface area contributed by atoms with Crippen molar-refractivity contribution in [2.24, 2.45) is 5.92 Å². The summed E-state index contributed by atoms with van der Waals surface area (Å²) in [6, 6.07) is 6.54. The Hall–Kier alpha value is -2.46. The summed E-state index contributed by atoms with van der Waals surface area (Å²) in [6.45, 7) is 4.57. The highest BCUT2D eigenvalue weighted by Crippen LogP contribution is 2.11. The van der Waals surface area contributed by atoms with Gasteiger partial charge in [-0.2, -0.15) is 0 Å². The second-order valence-corrected chi connectivity index (χ2v) is 7.43. The Balaban J connectivity index is 1.85. The Morgan fingerprint density at radius 3 is 2.59 bits per heavy atom. The van der Waals surface area contributed by atoms with Crippen molar-refractivity contribution in [1.29, 1.82) is 0 Å². The van der Waals surface area contributed by atoms with Gasteiger partial charge in [-0.3, -0.25) is 10.0 Å². The Kier molecular flexibility index (Phi) is 7.74. The molecule has 1 heterocycles. The number of carbonyl (C=O) groups is 2. The number of carbonyl (C=O) groups excluding carboxylic acids is 2. The Bertz CT molecular complexity index is 762. The molecule has 27 heavy (non-hydrogen) atoms. The molecule has 3 amide bonds. The summed E-state index contributed by atoms with van der Waals surface area (Å²) in [7, 11) is 0. The molecule has 0 saturated carbocycles. The van der Waals surface area contributed by atoms with E-state index < -0.39 is 18.0 Å². The van der Waals surface area contributed by atoms with Gasteiger partial charge < -0.3 is 10.6 Å². The Morgan fingerprint density at radius 2 is 1.96 bits per heavy atom. The second kappa shape index (κ2) is 10.0. The number of halogens is 1. The van der Waals surface area contributed by atoms with Gasteiger partial charge in [-0.1, -0.05) is 47.1 Å². The predicted octanol–water partition coefficient (Wildman–Crippen LogP) is 1.81. The zero-order valence-electron chi connectivity index (χ0n) is 15.1. The molecule has 2 rings (SSSR count). The van der Waals surface area contributed by atoms with E-state index in [0.717, 1.165) is 10.0 Å². The molecule has 0 fully saturated rings. The lowest BCUT2D eigenvalue weighted by molar-refractivity contribution is -0.131. The molecule has 0 radical (unpaired) electrons. The van der Waals surface area contributed by atoms with Gasteiger partial charge in [-0.05, 0) is 30.0 Å². The van der Waals surface area contributed by atoms with Crippen LogP contribution in [0.15, 0.2) is 34.9 Å². The fraction of sp³-hybridized carbons (Fsp3) is 0.412. The molecule has 146 valence electrons. The van der Waals surface area contributed by atoms with E-state index in [1.54, 1.807) is 16.4 Å². The number of hydrogen-bond donors (Lipinski definition) is 4. The first-order chi connectivity index (χ1) is 12.9. The molecule has 1 atom stereocenters. The summed E-state index contributed by atoms with van der Waals surface area (Å²) >= 11 is 3.39. The van der Waals surface area contributed by atoms with E-state index in [4.69, 9.17) is 5.21 Å². The molecule has 1 aromatic heterocycles. The topological polar surface area (TPSA) is 121 Å². The molecule has 9 nitrogen and oxygen atoms in total. The molecule has 10 heteroatoms. The fourth-order valence-corrected chi connectivity index (χ4v) is 2.70. The van der Waals surface area contributed by atoms with Gasteiger partial charge >= 0.3 is 6.03 Å². The molecular formula is C17H23BrN6O3. The van der Waals surface area contributed by atoms with Gasteiger partial charge in [-0.25, -0.2) is 15.0 Å². The third-order valence-electron chi connectivity index (χ3n) is 3.71. The average Bonchev–Trinajstić information content (AvgIpc) is 3.07. The van der Waals surface area contributed by atoms with Gasteiger partial charge in [0.05, 0.1) is 19.3 Å². The van der Waals surface area contributed by atoms with Gasteiger partial charge in [0.25, 0.3) is 5.91 Å². The molecule has 1 aromatic carbocycles. The molecule has 0 bridgehead atoms. The molecule has 4 N–H and O–H groups in total. The Labute approximate surface area is 165 Å². The highest BCUT2D eigenvalue weighted by Gasteiger charge is 2.21. The summed E-state index contributed by atoms with van der Waals surface area (Å²) in [5.41, 5.74) is 3.24. The maximum Gasteiger partial charge on any atom is 0.315 e. The first-order valence-electron chi connectivity index (χ1n) is 8.49. The van der Waals surface area contributed by atoms with Crippen molar-refractivity contribution >= 4 is 27.9 Å². The van der Waals surface area contributed by atoms with Crippen molar-refractivity contribution in [2.45, 2.75) is 39.4 Å². The monoisotopic (exact) mass is 438 g/mol. The first kappa shape index (κ1) is 20.8. The highest BCUT2D eigenvalue weighted by molar-refractivity contribution is 9.10. The van der Waals surface area contributed by atoms with Crippen LogP contribution >= 0.6 is 15.9 Å². The van der Waals surface area contributed by atoms with Gasteiger partial charge in [0.1, 0.15) is 11.7 Å². The average molecular weight is 439 g/mol. The van der Waals surface area contributed by atoms with Crippen LogP contribution in [-0.4, -0.2) is 38.2 Å². The maximum atomic E-state index is 12.0. The quantitative estimate of drug-likeness (QED) is 0.369. The van der Waals surface area contributed by atoms with E-state index in [-0.39, 0.29) is 12.5 Å². The fourth-order valence-electron chi connectivity index (χ4n) is 2.43. The van der Waals surface area contributed by atoms with Crippen LogP contribution in [0.3, 0.4) is 0 Å². The van der Waals surface area contributed by atoms with Crippen molar-refractivity contribution in [3.05, 3.63) is 46.2 Å². The van der Waals surface area contributed by atoms with Gasteiger partial charge in [0.2, 0.25) is 0 Å². The molecule has 0 aliphatic rings. The van der Waals surface area contributed by atoms with E-state index in [2.05, 4.69) is 36.9 Å². The summed E-state index contributed by atoms with van der Waals surface area (Å²) in [4.78, 5) is 23.6. The molecule has 0 spiro atoms. The third-order valence-corrected chi connectivity index (χ3v) is 4.24. The zero-order chi connectivity index (χ0) is 19.8. The van der Waals surface area contributed by atoms with Gasteiger partial charge in [0.15, 0.2) is 0 Å². The lowest BCUT2D eigenvalue weighted by Crippen LogP contribution is -2.49. The largest absolute Gasteiger partial charge is 0.332 e. The normalized spacial score (nSPS) is 11.9. The SMILES string of the molecule is CC(C)C[C@H](NC(=O)NCc1cn(Cc2ccc(Br)cc2)nn1)C(=O)NO. The minimum Gasteiger partial charge on any atom is -0.332 e. The number of hydroxylamine groups is 1. The standard InChI is InChI=1S/C17H23BrN6O3/c1-11(2)7-15(16(25)22-27)20-17(26)19-8-14-10-24(23-21-14)9-12-3-5-13(18)6-4-12/h3-6,10-11,15,27H,7-9H2,1-2H3,(H,22,25)(H2,19,20,26)/t15-/m0/s1. The molecule has 0 unspecified atom stereocenters. The van der Waals surface area contributed by atoms with E-state index in [1.165, 1.54) is 0 Å².